The van der Waals surface area contributed by atoms with Gasteiger partial charge in [-0.05, 0) is 18.4 Å². The molecule has 1 aromatic carbocycles. The number of morpholine rings is 1. The van der Waals surface area contributed by atoms with E-state index in [9.17, 15) is 10.1 Å². The molecule has 23 heavy (non-hydrogen) atoms. The van der Waals surface area contributed by atoms with E-state index in [0.717, 1.165) is 31.5 Å². The fourth-order valence-electron chi connectivity index (χ4n) is 3.42. The minimum Gasteiger partial charge on any atom is -0.378 e. The smallest absolute Gasteiger partial charge is 0.236 e. The molecule has 2 fully saturated rings. The van der Waals surface area contributed by atoms with Crippen molar-refractivity contribution in [3.8, 4) is 6.07 Å². The lowest BCUT2D eigenvalue weighted by molar-refractivity contribution is -0.136. The van der Waals surface area contributed by atoms with Crippen molar-refractivity contribution in [3.05, 3.63) is 35.9 Å². The summed E-state index contributed by atoms with van der Waals surface area (Å²) < 4.78 is 5.29. The van der Waals surface area contributed by atoms with E-state index in [1.54, 1.807) is 0 Å². The van der Waals surface area contributed by atoms with Crippen molar-refractivity contribution >= 4 is 5.91 Å². The number of benzene rings is 1. The Morgan fingerprint density at radius 3 is 2.39 bits per heavy atom. The van der Waals surface area contributed by atoms with Crippen molar-refractivity contribution in [2.45, 2.75) is 18.3 Å². The molecule has 1 aromatic rings. The SMILES string of the molecule is N#CC1(c2ccccc2)CCN(CC(=O)N2CCOCC2)CC1. The van der Waals surface area contributed by atoms with Gasteiger partial charge in [0.2, 0.25) is 5.91 Å². The van der Waals surface area contributed by atoms with Crippen LogP contribution in [0.2, 0.25) is 0 Å². The maximum atomic E-state index is 12.3. The summed E-state index contributed by atoms with van der Waals surface area (Å²) in [6, 6.07) is 12.6. The summed E-state index contributed by atoms with van der Waals surface area (Å²) in [4.78, 5) is 16.4. The molecular formula is C18H23N3O2. The van der Waals surface area contributed by atoms with Crippen LogP contribution in [0.15, 0.2) is 30.3 Å². The Morgan fingerprint density at radius 1 is 1.13 bits per heavy atom. The fourth-order valence-corrected chi connectivity index (χ4v) is 3.42. The van der Waals surface area contributed by atoms with Gasteiger partial charge in [-0.2, -0.15) is 5.26 Å². The van der Waals surface area contributed by atoms with Crippen LogP contribution in [0.1, 0.15) is 18.4 Å². The number of nitrogens with zero attached hydrogens (tertiary/aromatic N) is 3. The minimum atomic E-state index is -0.403. The molecule has 5 heteroatoms. The van der Waals surface area contributed by atoms with Gasteiger partial charge in [0.05, 0.1) is 31.2 Å². The predicted molar refractivity (Wildman–Crippen MR) is 86.8 cm³/mol. The zero-order valence-corrected chi connectivity index (χ0v) is 13.4. The largest absolute Gasteiger partial charge is 0.378 e. The van der Waals surface area contributed by atoms with Crippen LogP contribution in [0.5, 0.6) is 0 Å². The number of rotatable bonds is 3. The highest BCUT2D eigenvalue weighted by Crippen LogP contribution is 2.34. The maximum Gasteiger partial charge on any atom is 0.236 e. The third-order valence-electron chi connectivity index (χ3n) is 4.97. The minimum absolute atomic E-state index is 0.178. The van der Waals surface area contributed by atoms with Crippen LogP contribution in [0, 0.1) is 11.3 Å². The number of piperidine rings is 1. The average Bonchev–Trinajstić information content (AvgIpc) is 2.64. The van der Waals surface area contributed by atoms with Gasteiger partial charge in [0.15, 0.2) is 0 Å². The summed E-state index contributed by atoms with van der Waals surface area (Å²) in [5, 5.41) is 9.71. The molecule has 0 bridgehead atoms. The molecule has 0 saturated carbocycles. The molecular weight excluding hydrogens is 290 g/mol. The van der Waals surface area contributed by atoms with Gasteiger partial charge >= 0.3 is 0 Å². The number of likely N-dealkylation sites (tertiary alicyclic amines) is 1. The van der Waals surface area contributed by atoms with E-state index in [1.807, 2.05) is 35.2 Å². The second-order valence-corrected chi connectivity index (χ2v) is 6.33. The number of amides is 1. The van der Waals surface area contributed by atoms with Crippen molar-refractivity contribution < 1.29 is 9.53 Å². The summed E-state index contributed by atoms with van der Waals surface area (Å²) in [6.07, 6.45) is 1.56. The zero-order chi connectivity index (χ0) is 16.1. The molecule has 3 rings (SSSR count). The first-order chi connectivity index (χ1) is 11.2. The normalized spacial score (nSPS) is 21.6. The van der Waals surface area contributed by atoms with E-state index in [2.05, 4.69) is 11.0 Å². The van der Waals surface area contributed by atoms with E-state index >= 15 is 0 Å². The Kier molecular flexibility index (Phi) is 4.94. The molecule has 5 nitrogen and oxygen atoms in total. The number of hydrogen-bond donors (Lipinski definition) is 0. The molecule has 0 N–H and O–H groups in total. The second kappa shape index (κ2) is 7.12. The van der Waals surface area contributed by atoms with E-state index in [0.29, 0.717) is 32.8 Å². The monoisotopic (exact) mass is 313 g/mol. The lowest BCUT2D eigenvalue weighted by atomic mass is 9.74. The molecule has 2 aliphatic rings. The van der Waals surface area contributed by atoms with E-state index < -0.39 is 5.41 Å². The third-order valence-corrected chi connectivity index (χ3v) is 4.97. The summed E-state index contributed by atoms with van der Waals surface area (Å²) in [7, 11) is 0. The van der Waals surface area contributed by atoms with Crippen LogP contribution >= 0.6 is 0 Å². The van der Waals surface area contributed by atoms with E-state index in [4.69, 9.17) is 4.74 Å². The van der Waals surface area contributed by atoms with Gasteiger partial charge in [-0.3, -0.25) is 9.69 Å². The molecule has 0 radical (unpaired) electrons. The molecule has 0 aliphatic carbocycles. The predicted octanol–water partition coefficient (Wildman–Crippen LogP) is 1.40. The number of nitriles is 1. The zero-order valence-electron chi connectivity index (χ0n) is 13.4. The van der Waals surface area contributed by atoms with Crippen molar-refractivity contribution in [1.29, 1.82) is 5.26 Å². The Bertz CT molecular complexity index is 568. The van der Waals surface area contributed by atoms with Crippen molar-refractivity contribution in [2.75, 3.05) is 45.9 Å². The molecule has 122 valence electrons. The van der Waals surface area contributed by atoms with Crippen molar-refractivity contribution in [2.24, 2.45) is 0 Å². The average molecular weight is 313 g/mol. The lowest BCUT2D eigenvalue weighted by Crippen LogP contribution is -2.49. The van der Waals surface area contributed by atoms with Crippen LogP contribution < -0.4 is 0 Å². The van der Waals surface area contributed by atoms with E-state index in [1.165, 1.54) is 0 Å². The quantitative estimate of drug-likeness (QED) is 0.846. The van der Waals surface area contributed by atoms with Crippen molar-refractivity contribution in [3.63, 3.8) is 0 Å². The van der Waals surface area contributed by atoms with Gasteiger partial charge in [-0.25, -0.2) is 0 Å². The van der Waals surface area contributed by atoms with Crippen molar-refractivity contribution in [1.82, 2.24) is 9.80 Å². The highest BCUT2D eigenvalue weighted by molar-refractivity contribution is 5.78. The standard InChI is InChI=1S/C18H23N3O2/c19-15-18(16-4-2-1-3-5-16)6-8-20(9-7-18)14-17(22)21-10-12-23-13-11-21/h1-5H,6-14H2. The molecule has 2 heterocycles. The summed E-state index contributed by atoms with van der Waals surface area (Å²) >= 11 is 0. The molecule has 1 amide bonds. The van der Waals surface area contributed by atoms with Crippen LogP contribution in [-0.2, 0) is 14.9 Å². The van der Waals surface area contributed by atoms with Gasteiger partial charge in [0.1, 0.15) is 0 Å². The second-order valence-electron chi connectivity index (χ2n) is 6.33. The Balaban J connectivity index is 1.57. The number of carbonyl (C=O) groups excluding carboxylic acids is 1. The number of carbonyl (C=O) groups is 1. The Morgan fingerprint density at radius 2 is 1.78 bits per heavy atom. The Labute approximate surface area is 137 Å². The number of hydrogen-bond acceptors (Lipinski definition) is 4. The summed E-state index contributed by atoms with van der Waals surface area (Å²) in [5.41, 5.74) is 0.696. The summed E-state index contributed by atoms with van der Waals surface area (Å²) in [5.74, 6) is 0.178. The van der Waals surface area contributed by atoms with E-state index in [-0.39, 0.29) is 5.91 Å². The molecule has 2 saturated heterocycles. The number of ether oxygens (including phenoxy) is 1. The first-order valence-electron chi connectivity index (χ1n) is 8.28. The molecule has 2 aliphatic heterocycles. The third kappa shape index (κ3) is 3.54. The first-order valence-corrected chi connectivity index (χ1v) is 8.28. The maximum absolute atomic E-state index is 12.3. The highest BCUT2D eigenvalue weighted by Gasteiger charge is 2.37. The van der Waals surface area contributed by atoms with Crippen LogP contribution in [0.25, 0.3) is 0 Å². The van der Waals surface area contributed by atoms with Gasteiger partial charge < -0.3 is 9.64 Å². The van der Waals surface area contributed by atoms with Gasteiger partial charge in [0.25, 0.3) is 0 Å². The lowest BCUT2D eigenvalue weighted by Gasteiger charge is -2.38. The van der Waals surface area contributed by atoms with Crippen LogP contribution in [-0.4, -0.2) is 61.6 Å². The first kappa shape index (κ1) is 16.0. The highest BCUT2D eigenvalue weighted by atomic mass is 16.5. The molecule has 0 spiro atoms. The Hall–Kier alpha value is -1.90. The van der Waals surface area contributed by atoms with Crippen LogP contribution in [0.3, 0.4) is 0 Å². The molecule has 0 aromatic heterocycles. The van der Waals surface area contributed by atoms with Gasteiger partial charge in [-0.1, -0.05) is 30.3 Å². The van der Waals surface area contributed by atoms with Gasteiger partial charge in [-0.15, -0.1) is 0 Å². The summed E-state index contributed by atoms with van der Waals surface area (Å²) in [6.45, 7) is 4.69. The molecule has 0 atom stereocenters. The molecule has 0 unspecified atom stereocenters. The topological polar surface area (TPSA) is 56.6 Å². The fraction of sp³-hybridized carbons (Fsp3) is 0.556. The van der Waals surface area contributed by atoms with Crippen LogP contribution in [0.4, 0.5) is 0 Å². The van der Waals surface area contributed by atoms with Gasteiger partial charge in [0, 0.05) is 26.2 Å².